The Hall–Kier alpha value is -1.61. The normalized spacial score (nSPS) is 23.6. The third-order valence-corrected chi connectivity index (χ3v) is 4.32. The van der Waals surface area contributed by atoms with Crippen molar-refractivity contribution in [1.29, 1.82) is 0 Å². The van der Waals surface area contributed by atoms with Crippen LogP contribution in [-0.2, 0) is 6.54 Å². The van der Waals surface area contributed by atoms with Crippen molar-refractivity contribution in [3.05, 3.63) is 45.8 Å². The van der Waals surface area contributed by atoms with Crippen molar-refractivity contribution < 1.29 is 4.42 Å². The molecule has 112 valence electrons. The van der Waals surface area contributed by atoms with E-state index in [1.807, 2.05) is 13.0 Å². The van der Waals surface area contributed by atoms with Crippen LogP contribution in [0.2, 0.25) is 0 Å². The fourth-order valence-corrected chi connectivity index (χ4v) is 3.63. The number of hydrogen-bond acceptors (Lipinski definition) is 3. The minimum atomic E-state index is -0.249. The maximum atomic E-state index is 11.8. The van der Waals surface area contributed by atoms with Crippen molar-refractivity contribution in [2.75, 3.05) is 13.1 Å². The van der Waals surface area contributed by atoms with Gasteiger partial charge in [0.2, 0.25) is 0 Å². The van der Waals surface area contributed by atoms with Gasteiger partial charge in [0, 0.05) is 31.1 Å². The maximum absolute atomic E-state index is 11.8. The van der Waals surface area contributed by atoms with Crippen LogP contribution in [-0.4, -0.2) is 18.0 Å². The molecule has 1 aromatic carbocycles. The summed E-state index contributed by atoms with van der Waals surface area (Å²) >= 11 is 0. The van der Waals surface area contributed by atoms with Crippen LogP contribution in [0.25, 0.3) is 11.0 Å². The molecule has 2 heterocycles. The van der Waals surface area contributed by atoms with Gasteiger partial charge in [0.05, 0.1) is 0 Å². The lowest BCUT2D eigenvalue weighted by Crippen LogP contribution is -2.38. The Balaban J connectivity index is 1.95. The molecule has 21 heavy (non-hydrogen) atoms. The van der Waals surface area contributed by atoms with Crippen molar-refractivity contribution in [3.8, 4) is 0 Å². The summed E-state index contributed by atoms with van der Waals surface area (Å²) in [5.41, 5.74) is 2.65. The lowest BCUT2D eigenvalue weighted by Gasteiger charge is -2.35. The highest BCUT2D eigenvalue weighted by Gasteiger charge is 2.22. The zero-order valence-corrected chi connectivity index (χ0v) is 13.1. The van der Waals surface area contributed by atoms with Crippen LogP contribution in [0.1, 0.15) is 31.4 Å². The molecule has 1 saturated heterocycles. The lowest BCUT2D eigenvalue weighted by atomic mass is 9.91. The first-order valence-electron chi connectivity index (χ1n) is 7.77. The van der Waals surface area contributed by atoms with Crippen LogP contribution in [0.3, 0.4) is 0 Å². The maximum Gasteiger partial charge on any atom is 0.336 e. The van der Waals surface area contributed by atoms with Gasteiger partial charge in [-0.25, -0.2) is 4.79 Å². The van der Waals surface area contributed by atoms with Crippen LogP contribution >= 0.6 is 0 Å². The molecule has 0 radical (unpaired) electrons. The molecule has 3 nitrogen and oxygen atoms in total. The molecule has 1 fully saturated rings. The van der Waals surface area contributed by atoms with E-state index in [4.69, 9.17) is 4.42 Å². The van der Waals surface area contributed by atoms with Gasteiger partial charge < -0.3 is 4.42 Å². The third-order valence-electron chi connectivity index (χ3n) is 4.32. The van der Waals surface area contributed by atoms with Crippen molar-refractivity contribution in [1.82, 2.24) is 4.90 Å². The largest absolute Gasteiger partial charge is 0.423 e. The fourth-order valence-electron chi connectivity index (χ4n) is 3.63. The number of benzene rings is 1. The van der Waals surface area contributed by atoms with E-state index < -0.39 is 0 Å². The first kappa shape index (κ1) is 14.3. The summed E-state index contributed by atoms with van der Waals surface area (Å²) in [5.74, 6) is 1.45. The molecule has 0 unspecified atom stereocenters. The fraction of sp³-hybridized carbons (Fsp3) is 0.500. The number of piperidine rings is 1. The Morgan fingerprint density at radius 3 is 2.62 bits per heavy atom. The van der Waals surface area contributed by atoms with Gasteiger partial charge in [-0.15, -0.1) is 0 Å². The monoisotopic (exact) mass is 285 g/mol. The topological polar surface area (TPSA) is 33.5 Å². The zero-order valence-electron chi connectivity index (χ0n) is 13.1. The van der Waals surface area contributed by atoms with Crippen molar-refractivity contribution >= 4 is 11.0 Å². The average Bonchev–Trinajstić information content (AvgIpc) is 2.36. The van der Waals surface area contributed by atoms with Gasteiger partial charge in [-0.3, -0.25) is 4.90 Å². The van der Waals surface area contributed by atoms with Crippen molar-refractivity contribution in [2.45, 2.75) is 33.7 Å². The molecular weight excluding hydrogens is 262 g/mol. The molecule has 3 rings (SSSR count). The standard InChI is InChI=1S/C18H23NO2/c1-12-4-5-16-15(8-18(20)21-17(16)7-12)11-19-9-13(2)6-14(3)10-19/h4-5,7-8,13-14H,6,9-11H2,1-3H3/t13-,14-/m1/s1. The highest BCUT2D eigenvalue weighted by Crippen LogP contribution is 2.25. The number of hydrogen-bond donors (Lipinski definition) is 0. The molecule has 1 aliphatic heterocycles. The third kappa shape index (κ3) is 3.18. The Labute approximate surface area is 125 Å². The number of nitrogens with zero attached hydrogens (tertiary/aromatic N) is 1. The molecular formula is C18H23NO2. The molecule has 0 aliphatic carbocycles. The Kier molecular flexibility index (Phi) is 3.85. The van der Waals surface area contributed by atoms with Crippen LogP contribution in [0.5, 0.6) is 0 Å². The summed E-state index contributed by atoms with van der Waals surface area (Å²) in [5, 5.41) is 1.06. The van der Waals surface area contributed by atoms with Gasteiger partial charge in [-0.05, 0) is 42.4 Å². The molecule has 0 N–H and O–H groups in total. The van der Waals surface area contributed by atoms with E-state index in [-0.39, 0.29) is 5.63 Å². The second-order valence-electron chi connectivity index (χ2n) is 6.73. The zero-order chi connectivity index (χ0) is 15.0. The minimum absolute atomic E-state index is 0.249. The first-order valence-corrected chi connectivity index (χ1v) is 7.77. The predicted molar refractivity (Wildman–Crippen MR) is 85.4 cm³/mol. The van der Waals surface area contributed by atoms with E-state index in [0.29, 0.717) is 5.58 Å². The van der Waals surface area contributed by atoms with Gasteiger partial charge in [-0.2, -0.15) is 0 Å². The van der Waals surface area contributed by atoms with E-state index >= 15 is 0 Å². The number of aryl methyl sites for hydroxylation is 1. The molecule has 2 atom stereocenters. The Bertz CT molecular complexity index is 694. The van der Waals surface area contributed by atoms with Gasteiger partial charge in [0.25, 0.3) is 0 Å². The molecule has 2 aromatic rings. The highest BCUT2D eigenvalue weighted by molar-refractivity contribution is 5.80. The number of fused-ring (bicyclic) bond motifs is 1. The SMILES string of the molecule is Cc1ccc2c(CN3C[C@H](C)C[C@@H](C)C3)cc(=O)oc2c1. The van der Waals surface area contributed by atoms with Crippen LogP contribution in [0.15, 0.2) is 33.5 Å². The molecule has 3 heteroatoms. The minimum Gasteiger partial charge on any atom is -0.423 e. The summed E-state index contributed by atoms with van der Waals surface area (Å²) in [6, 6.07) is 7.75. The Morgan fingerprint density at radius 1 is 1.19 bits per heavy atom. The van der Waals surface area contributed by atoms with Crippen LogP contribution in [0.4, 0.5) is 0 Å². The highest BCUT2D eigenvalue weighted by atomic mass is 16.4. The van der Waals surface area contributed by atoms with E-state index in [1.165, 1.54) is 6.42 Å². The Morgan fingerprint density at radius 2 is 1.90 bits per heavy atom. The van der Waals surface area contributed by atoms with E-state index in [9.17, 15) is 4.79 Å². The second-order valence-corrected chi connectivity index (χ2v) is 6.73. The van der Waals surface area contributed by atoms with Gasteiger partial charge in [0.1, 0.15) is 5.58 Å². The van der Waals surface area contributed by atoms with E-state index in [0.717, 1.165) is 48.0 Å². The molecule has 0 amide bonds. The predicted octanol–water partition coefficient (Wildman–Crippen LogP) is 3.58. The van der Waals surface area contributed by atoms with Gasteiger partial charge >= 0.3 is 5.63 Å². The van der Waals surface area contributed by atoms with Crippen molar-refractivity contribution in [3.63, 3.8) is 0 Å². The number of rotatable bonds is 2. The van der Waals surface area contributed by atoms with Gasteiger partial charge in [0.15, 0.2) is 0 Å². The van der Waals surface area contributed by atoms with Crippen LogP contribution < -0.4 is 5.63 Å². The van der Waals surface area contributed by atoms with E-state index in [2.05, 4.69) is 30.9 Å². The summed E-state index contributed by atoms with van der Waals surface area (Å²) in [6.07, 6.45) is 1.30. The van der Waals surface area contributed by atoms with Gasteiger partial charge in [-0.1, -0.05) is 26.0 Å². The smallest absolute Gasteiger partial charge is 0.336 e. The van der Waals surface area contributed by atoms with Crippen molar-refractivity contribution in [2.24, 2.45) is 11.8 Å². The molecule has 1 aromatic heterocycles. The molecule has 0 spiro atoms. The molecule has 0 saturated carbocycles. The first-order chi connectivity index (χ1) is 10.0. The van der Waals surface area contributed by atoms with Crippen LogP contribution in [0, 0.1) is 18.8 Å². The molecule has 1 aliphatic rings. The van der Waals surface area contributed by atoms with E-state index in [1.54, 1.807) is 6.07 Å². The lowest BCUT2D eigenvalue weighted by molar-refractivity contribution is 0.134. The number of likely N-dealkylation sites (tertiary alicyclic amines) is 1. The molecule has 0 bridgehead atoms. The summed E-state index contributed by atoms with van der Waals surface area (Å²) in [6.45, 7) is 9.68. The summed E-state index contributed by atoms with van der Waals surface area (Å²) in [7, 11) is 0. The summed E-state index contributed by atoms with van der Waals surface area (Å²) in [4.78, 5) is 14.3. The second kappa shape index (κ2) is 5.64. The quantitative estimate of drug-likeness (QED) is 0.791. The summed E-state index contributed by atoms with van der Waals surface area (Å²) < 4.78 is 5.34. The average molecular weight is 285 g/mol.